The second-order valence-corrected chi connectivity index (χ2v) is 5.82. The number of hydrogen-bond donors (Lipinski definition) is 0. The van der Waals surface area contributed by atoms with E-state index in [1.165, 1.54) is 7.11 Å². The molecule has 0 unspecified atom stereocenters. The van der Waals surface area contributed by atoms with Gasteiger partial charge in [-0.3, -0.25) is 4.79 Å². The van der Waals surface area contributed by atoms with E-state index in [1.807, 2.05) is 31.2 Å². The molecule has 0 bridgehead atoms. The molecule has 6 heteroatoms. The van der Waals surface area contributed by atoms with E-state index < -0.39 is 12.0 Å². The fourth-order valence-corrected chi connectivity index (χ4v) is 2.65. The van der Waals surface area contributed by atoms with Gasteiger partial charge in [-0.25, -0.2) is 4.79 Å². The molecule has 0 saturated carbocycles. The quantitative estimate of drug-likeness (QED) is 0.563. The van der Waals surface area contributed by atoms with Crippen LogP contribution in [0.4, 0.5) is 0 Å². The second-order valence-electron chi connectivity index (χ2n) is 5.82. The number of aryl methyl sites for hydroxylation is 1. The van der Waals surface area contributed by atoms with Crippen LogP contribution in [0, 0.1) is 6.92 Å². The maximum Gasteiger partial charge on any atom is 0.331 e. The Bertz CT molecular complexity index is 560. The molecule has 2 rings (SSSR count). The van der Waals surface area contributed by atoms with Crippen LogP contribution in [-0.2, 0) is 19.1 Å². The minimum Gasteiger partial charge on any atom is -0.494 e. The summed E-state index contributed by atoms with van der Waals surface area (Å²) in [4.78, 5) is 25.6. The van der Waals surface area contributed by atoms with Crippen molar-refractivity contribution in [2.24, 2.45) is 0 Å². The number of amides is 1. The van der Waals surface area contributed by atoms with Gasteiger partial charge < -0.3 is 19.1 Å². The first kappa shape index (κ1) is 18.3. The highest BCUT2D eigenvalue weighted by molar-refractivity contribution is 5.84. The molecule has 1 aromatic carbocycles. The van der Waals surface area contributed by atoms with Gasteiger partial charge in [-0.15, -0.1) is 0 Å². The van der Waals surface area contributed by atoms with Crippen LogP contribution < -0.4 is 4.74 Å². The Morgan fingerprint density at radius 1 is 1.33 bits per heavy atom. The standard InChI is InChI=1S/C18H25NO5/c1-14-6-5-7-15(12-14)24-10-4-3-8-17(20)19-9-11-23-13-16(19)18(21)22-2/h5-7,12,16H,3-4,8-11,13H2,1-2H3/t16-/m1/s1. The molecule has 132 valence electrons. The third-order valence-electron chi connectivity index (χ3n) is 3.97. The molecule has 1 saturated heterocycles. The number of carbonyl (C=O) groups is 2. The van der Waals surface area contributed by atoms with Gasteiger partial charge in [-0.1, -0.05) is 12.1 Å². The number of nitrogens with zero attached hydrogens (tertiary/aromatic N) is 1. The molecule has 0 spiro atoms. The molecule has 1 aliphatic rings. The highest BCUT2D eigenvalue weighted by Crippen LogP contribution is 2.14. The summed E-state index contributed by atoms with van der Waals surface area (Å²) in [6, 6.07) is 7.26. The van der Waals surface area contributed by atoms with Crippen LogP contribution in [0.2, 0.25) is 0 Å². The van der Waals surface area contributed by atoms with Gasteiger partial charge in [0, 0.05) is 13.0 Å². The average molecular weight is 335 g/mol. The van der Waals surface area contributed by atoms with Crippen LogP contribution in [-0.4, -0.2) is 56.3 Å². The number of benzene rings is 1. The van der Waals surface area contributed by atoms with E-state index in [-0.39, 0.29) is 12.5 Å². The van der Waals surface area contributed by atoms with E-state index in [9.17, 15) is 9.59 Å². The molecule has 1 aromatic rings. The van der Waals surface area contributed by atoms with Gasteiger partial charge in [0.05, 0.1) is 26.9 Å². The summed E-state index contributed by atoms with van der Waals surface area (Å²) in [5, 5.41) is 0. The summed E-state index contributed by atoms with van der Waals surface area (Å²) in [5.41, 5.74) is 1.16. The molecule has 1 atom stereocenters. The summed E-state index contributed by atoms with van der Waals surface area (Å²) in [7, 11) is 1.32. The van der Waals surface area contributed by atoms with Gasteiger partial charge in [0.15, 0.2) is 6.04 Å². The Kier molecular flexibility index (Phi) is 7.06. The highest BCUT2D eigenvalue weighted by Gasteiger charge is 2.33. The Labute approximate surface area is 142 Å². The third-order valence-corrected chi connectivity index (χ3v) is 3.97. The van der Waals surface area contributed by atoms with Crippen molar-refractivity contribution >= 4 is 11.9 Å². The summed E-state index contributed by atoms with van der Waals surface area (Å²) in [6.45, 7) is 3.68. The Hall–Kier alpha value is -2.08. The summed E-state index contributed by atoms with van der Waals surface area (Å²) < 4.78 is 15.7. The van der Waals surface area contributed by atoms with Crippen molar-refractivity contribution < 1.29 is 23.8 Å². The fraction of sp³-hybridized carbons (Fsp3) is 0.556. The van der Waals surface area contributed by atoms with Crippen molar-refractivity contribution in [2.45, 2.75) is 32.2 Å². The van der Waals surface area contributed by atoms with Crippen molar-refractivity contribution in [3.05, 3.63) is 29.8 Å². The van der Waals surface area contributed by atoms with Crippen LogP contribution in [0.1, 0.15) is 24.8 Å². The van der Waals surface area contributed by atoms with Crippen molar-refractivity contribution in [2.75, 3.05) is 33.5 Å². The van der Waals surface area contributed by atoms with Crippen LogP contribution in [0.25, 0.3) is 0 Å². The van der Waals surface area contributed by atoms with E-state index in [0.29, 0.717) is 26.2 Å². The predicted molar refractivity (Wildman–Crippen MR) is 88.9 cm³/mol. The summed E-state index contributed by atoms with van der Waals surface area (Å²) in [5.74, 6) is 0.385. The first-order chi connectivity index (χ1) is 11.6. The molecular weight excluding hydrogens is 310 g/mol. The average Bonchev–Trinajstić information content (AvgIpc) is 2.60. The van der Waals surface area contributed by atoms with Gasteiger partial charge in [0.2, 0.25) is 5.91 Å². The van der Waals surface area contributed by atoms with Crippen molar-refractivity contribution in [1.82, 2.24) is 4.90 Å². The van der Waals surface area contributed by atoms with Gasteiger partial charge in [-0.2, -0.15) is 0 Å². The number of morpholine rings is 1. The van der Waals surface area contributed by atoms with Gasteiger partial charge in [0.1, 0.15) is 5.75 Å². The number of rotatable bonds is 7. The highest BCUT2D eigenvalue weighted by atomic mass is 16.5. The minimum absolute atomic E-state index is 0.0377. The fourth-order valence-electron chi connectivity index (χ4n) is 2.65. The monoisotopic (exact) mass is 335 g/mol. The maximum atomic E-state index is 12.3. The molecule has 0 aromatic heterocycles. The van der Waals surface area contributed by atoms with Crippen LogP contribution in [0.3, 0.4) is 0 Å². The first-order valence-electron chi connectivity index (χ1n) is 8.26. The summed E-state index contributed by atoms with van der Waals surface area (Å²) in [6.07, 6.45) is 1.90. The van der Waals surface area contributed by atoms with E-state index in [0.717, 1.165) is 24.2 Å². The zero-order valence-electron chi connectivity index (χ0n) is 14.3. The molecular formula is C18H25NO5. The molecule has 0 N–H and O–H groups in total. The van der Waals surface area contributed by atoms with Crippen LogP contribution in [0.15, 0.2) is 24.3 Å². The van der Waals surface area contributed by atoms with Crippen LogP contribution in [0.5, 0.6) is 5.75 Å². The topological polar surface area (TPSA) is 65.1 Å². The lowest BCUT2D eigenvalue weighted by atomic mass is 10.1. The molecule has 0 radical (unpaired) electrons. The number of methoxy groups -OCH3 is 1. The third kappa shape index (κ3) is 5.23. The lowest BCUT2D eigenvalue weighted by molar-refractivity contribution is -0.160. The zero-order chi connectivity index (χ0) is 17.4. The van der Waals surface area contributed by atoms with E-state index in [4.69, 9.17) is 14.2 Å². The molecule has 6 nitrogen and oxygen atoms in total. The number of unbranched alkanes of at least 4 members (excludes halogenated alkanes) is 1. The van der Waals surface area contributed by atoms with Crippen molar-refractivity contribution in [3.8, 4) is 5.75 Å². The van der Waals surface area contributed by atoms with Crippen LogP contribution >= 0.6 is 0 Å². The van der Waals surface area contributed by atoms with E-state index in [2.05, 4.69) is 0 Å². The molecule has 24 heavy (non-hydrogen) atoms. The lowest BCUT2D eigenvalue weighted by Crippen LogP contribution is -2.52. The van der Waals surface area contributed by atoms with Crippen molar-refractivity contribution in [3.63, 3.8) is 0 Å². The smallest absolute Gasteiger partial charge is 0.331 e. The van der Waals surface area contributed by atoms with E-state index in [1.54, 1.807) is 4.90 Å². The minimum atomic E-state index is -0.625. The number of hydrogen-bond acceptors (Lipinski definition) is 5. The molecule has 1 heterocycles. The zero-order valence-corrected chi connectivity index (χ0v) is 14.3. The van der Waals surface area contributed by atoms with Gasteiger partial charge in [0.25, 0.3) is 0 Å². The SMILES string of the molecule is COC(=O)[C@H]1COCCN1C(=O)CCCCOc1cccc(C)c1. The molecule has 1 amide bonds. The Balaban J connectivity index is 1.71. The number of ether oxygens (including phenoxy) is 3. The molecule has 1 aliphatic heterocycles. The largest absolute Gasteiger partial charge is 0.494 e. The predicted octanol–water partition coefficient (Wildman–Crippen LogP) is 1.94. The normalized spacial score (nSPS) is 17.4. The van der Waals surface area contributed by atoms with E-state index >= 15 is 0 Å². The Morgan fingerprint density at radius 2 is 2.17 bits per heavy atom. The maximum absolute atomic E-state index is 12.3. The summed E-state index contributed by atoms with van der Waals surface area (Å²) >= 11 is 0. The second kappa shape index (κ2) is 9.27. The molecule has 1 fully saturated rings. The first-order valence-corrected chi connectivity index (χ1v) is 8.26. The number of carbonyl (C=O) groups excluding carboxylic acids is 2. The number of esters is 1. The van der Waals surface area contributed by atoms with Crippen molar-refractivity contribution in [1.29, 1.82) is 0 Å². The lowest BCUT2D eigenvalue weighted by Gasteiger charge is -2.33. The van der Waals surface area contributed by atoms with Gasteiger partial charge in [-0.05, 0) is 37.5 Å². The molecule has 0 aliphatic carbocycles. The van der Waals surface area contributed by atoms with Gasteiger partial charge >= 0.3 is 5.97 Å². The Morgan fingerprint density at radius 3 is 2.92 bits per heavy atom.